The Kier molecular flexibility index (Phi) is 7.58. The van der Waals surface area contributed by atoms with Crippen molar-refractivity contribution in [2.75, 3.05) is 11.8 Å². The number of rotatable bonds is 4. The Labute approximate surface area is 215 Å². The van der Waals surface area contributed by atoms with Crippen LogP contribution in [0.4, 0.5) is 5.69 Å². The number of nitrogens with zero attached hydrogens (tertiary/aromatic N) is 1. The summed E-state index contributed by atoms with van der Waals surface area (Å²) in [5.41, 5.74) is 2.35. The number of aromatic nitrogens is 1. The van der Waals surface area contributed by atoms with Crippen LogP contribution in [0.15, 0.2) is 95.1 Å². The van der Waals surface area contributed by atoms with E-state index in [2.05, 4.69) is 21.5 Å². The van der Waals surface area contributed by atoms with Gasteiger partial charge in [0.25, 0.3) is 10.0 Å². The Hall–Kier alpha value is -3.86. The lowest BCUT2D eigenvalue weighted by Gasteiger charge is -2.13. The fraction of sp³-hybridized carbons (Fsp3) is 0.143. The molecule has 3 aromatic rings. The van der Waals surface area contributed by atoms with Gasteiger partial charge in [0.05, 0.1) is 23.3 Å². The largest absolute Gasteiger partial charge is 0.466 e. The van der Waals surface area contributed by atoms with Crippen molar-refractivity contribution in [2.45, 2.75) is 18.2 Å². The van der Waals surface area contributed by atoms with Crippen molar-refractivity contribution in [3.05, 3.63) is 101 Å². The van der Waals surface area contributed by atoms with Crippen LogP contribution in [0.25, 0.3) is 10.9 Å². The number of ether oxygens (including phenoxy) is 1. The second-order valence-corrected chi connectivity index (χ2v) is 10.2. The number of carbonyl (C=O) groups excluding carboxylic acids is 1. The van der Waals surface area contributed by atoms with Crippen molar-refractivity contribution in [3.8, 4) is 11.8 Å². The number of hydrogen-bond donors (Lipinski definition) is 1. The molecule has 0 fully saturated rings. The van der Waals surface area contributed by atoms with Gasteiger partial charge in [0.15, 0.2) is 0 Å². The minimum absolute atomic E-state index is 0.0190. The van der Waals surface area contributed by atoms with E-state index in [1.54, 1.807) is 54.6 Å². The maximum Gasteiger partial charge on any atom is 0.334 e. The maximum atomic E-state index is 13.3. The molecule has 36 heavy (non-hydrogen) atoms. The number of anilines is 1. The van der Waals surface area contributed by atoms with E-state index in [4.69, 9.17) is 16.3 Å². The van der Waals surface area contributed by atoms with E-state index in [1.807, 2.05) is 19.1 Å². The van der Waals surface area contributed by atoms with Crippen molar-refractivity contribution in [1.82, 2.24) is 4.98 Å². The highest BCUT2D eigenvalue weighted by atomic mass is 35.5. The summed E-state index contributed by atoms with van der Waals surface area (Å²) in [7, 11) is -2.63. The standard InChI is InChI=1S/C28H23ClN2O4S/c1-19-7-5-8-20(14-16-22(19)28(32)35-2)13-15-21-9-3-4-11-25(21)31-36(33,34)26-12-6-10-23-24(29)17-18-30-27(23)26/h3-6,8-12,14,16-19,31H,7H2,1-2H3/b8-5+,20-14+,22-16+. The molecule has 8 heteroatoms. The van der Waals surface area contributed by atoms with Gasteiger partial charge in [0, 0.05) is 28.3 Å². The molecule has 1 atom stereocenters. The smallest absolute Gasteiger partial charge is 0.334 e. The van der Waals surface area contributed by atoms with Gasteiger partial charge < -0.3 is 4.74 Å². The molecular weight excluding hydrogens is 496 g/mol. The van der Waals surface area contributed by atoms with Gasteiger partial charge in [-0.3, -0.25) is 9.71 Å². The molecule has 0 saturated carbocycles. The van der Waals surface area contributed by atoms with Gasteiger partial charge in [-0.05, 0) is 42.7 Å². The van der Waals surface area contributed by atoms with Crippen molar-refractivity contribution >= 4 is 44.2 Å². The van der Waals surface area contributed by atoms with Gasteiger partial charge in [-0.1, -0.05) is 72.9 Å². The molecule has 0 aliphatic heterocycles. The summed E-state index contributed by atoms with van der Waals surface area (Å²) in [5, 5.41) is 0.967. The monoisotopic (exact) mass is 518 g/mol. The zero-order valence-electron chi connectivity index (χ0n) is 19.7. The van der Waals surface area contributed by atoms with Crippen molar-refractivity contribution in [2.24, 2.45) is 5.92 Å². The quantitative estimate of drug-likeness (QED) is 0.355. The Morgan fingerprint density at radius 1 is 1.11 bits per heavy atom. The van der Waals surface area contributed by atoms with E-state index in [-0.39, 0.29) is 22.3 Å². The van der Waals surface area contributed by atoms with Crippen LogP contribution in [-0.2, 0) is 19.6 Å². The number of sulfonamides is 1. The molecular formula is C28H23ClN2O4S. The average molecular weight is 519 g/mol. The minimum Gasteiger partial charge on any atom is -0.466 e. The van der Waals surface area contributed by atoms with E-state index in [0.717, 1.165) is 0 Å². The number of para-hydroxylation sites is 2. The number of nitrogens with one attached hydrogen (secondary N) is 1. The molecule has 1 aliphatic carbocycles. The second-order valence-electron chi connectivity index (χ2n) is 8.12. The van der Waals surface area contributed by atoms with Crippen LogP contribution in [0.5, 0.6) is 0 Å². The molecule has 1 aliphatic rings. The molecule has 2 aromatic carbocycles. The average Bonchev–Trinajstić information content (AvgIpc) is 2.86. The molecule has 6 nitrogen and oxygen atoms in total. The summed E-state index contributed by atoms with van der Waals surface area (Å²) < 4.78 is 34.1. The number of methoxy groups -OCH3 is 1. The zero-order chi connectivity index (χ0) is 25.7. The van der Waals surface area contributed by atoms with E-state index < -0.39 is 10.0 Å². The highest BCUT2D eigenvalue weighted by Gasteiger charge is 2.20. The van der Waals surface area contributed by atoms with Crippen LogP contribution in [0, 0.1) is 17.8 Å². The van der Waals surface area contributed by atoms with Gasteiger partial charge in [-0.25, -0.2) is 13.2 Å². The molecule has 1 unspecified atom stereocenters. The number of halogens is 1. The molecule has 1 N–H and O–H groups in total. The highest BCUT2D eigenvalue weighted by molar-refractivity contribution is 7.93. The normalized spacial score (nSPS) is 19.4. The minimum atomic E-state index is -3.99. The zero-order valence-corrected chi connectivity index (χ0v) is 21.2. The molecule has 182 valence electrons. The van der Waals surface area contributed by atoms with Crippen LogP contribution in [0.2, 0.25) is 5.02 Å². The lowest BCUT2D eigenvalue weighted by atomic mass is 9.94. The summed E-state index contributed by atoms with van der Waals surface area (Å²) in [4.78, 5) is 16.3. The van der Waals surface area contributed by atoms with E-state index in [9.17, 15) is 13.2 Å². The number of pyridine rings is 1. The summed E-state index contributed by atoms with van der Waals surface area (Å²) in [6, 6.07) is 13.3. The molecule has 0 radical (unpaired) electrons. The van der Waals surface area contributed by atoms with Crippen LogP contribution < -0.4 is 4.72 Å². The number of fused-ring (bicyclic) bond motifs is 1. The molecule has 0 amide bonds. The predicted molar refractivity (Wildman–Crippen MR) is 142 cm³/mol. The first kappa shape index (κ1) is 25.2. The van der Waals surface area contributed by atoms with E-state index in [1.165, 1.54) is 19.4 Å². The molecule has 0 spiro atoms. The Bertz CT molecular complexity index is 1590. The lowest BCUT2D eigenvalue weighted by Crippen LogP contribution is -2.14. The molecule has 1 heterocycles. The van der Waals surface area contributed by atoms with E-state index in [0.29, 0.717) is 39.2 Å². The first-order valence-electron chi connectivity index (χ1n) is 11.1. The molecule has 0 bridgehead atoms. The number of hydrogen-bond acceptors (Lipinski definition) is 5. The molecule has 1 aromatic heterocycles. The van der Waals surface area contributed by atoms with E-state index >= 15 is 0 Å². The van der Waals surface area contributed by atoms with Gasteiger partial charge in [-0.2, -0.15) is 0 Å². The number of allylic oxidation sites excluding steroid dienone is 5. The van der Waals surface area contributed by atoms with Gasteiger partial charge in [0.1, 0.15) is 4.90 Å². The summed E-state index contributed by atoms with van der Waals surface area (Å²) in [5.74, 6) is 5.76. The topological polar surface area (TPSA) is 85.4 Å². The van der Waals surface area contributed by atoms with Crippen LogP contribution in [-0.4, -0.2) is 26.5 Å². The lowest BCUT2D eigenvalue weighted by molar-refractivity contribution is -0.136. The van der Waals surface area contributed by atoms with Crippen LogP contribution in [0.3, 0.4) is 0 Å². The van der Waals surface area contributed by atoms with Crippen molar-refractivity contribution in [1.29, 1.82) is 0 Å². The van der Waals surface area contributed by atoms with Crippen LogP contribution in [0.1, 0.15) is 18.9 Å². The number of carbonyl (C=O) groups is 1. The summed E-state index contributed by atoms with van der Waals surface area (Å²) in [6.45, 7) is 1.96. The first-order chi connectivity index (χ1) is 17.3. The van der Waals surface area contributed by atoms with Crippen LogP contribution >= 0.6 is 11.6 Å². The summed E-state index contributed by atoms with van der Waals surface area (Å²) in [6.07, 6.45) is 9.45. The Morgan fingerprint density at radius 2 is 1.92 bits per heavy atom. The number of esters is 1. The highest BCUT2D eigenvalue weighted by Crippen LogP contribution is 2.28. The molecule has 0 saturated heterocycles. The Balaban J connectivity index is 1.68. The van der Waals surface area contributed by atoms with Gasteiger partial charge >= 0.3 is 5.97 Å². The van der Waals surface area contributed by atoms with Gasteiger partial charge in [-0.15, -0.1) is 0 Å². The third kappa shape index (κ3) is 5.51. The van der Waals surface area contributed by atoms with Gasteiger partial charge in [0.2, 0.25) is 0 Å². The SMILES string of the molecule is COC(=O)/C1=C/C=C(C#Cc2ccccc2NS(=O)(=O)c2cccc3c(Cl)ccnc23)\C=C\CC1C. The second kappa shape index (κ2) is 10.8. The summed E-state index contributed by atoms with van der Waals surface area (Å²) >= 11 is 6.23. The molecule has 4 rings (SSSR count). The predicted octanol–water partition coefficient (Wildman–Crippen LogP) is 5.66. The third-order valence-corrected chi connectivity index (χ3v) is 7.39. The number of benzene rings is 2. The van der Waals surface area contributed by atoms with Crippen molar-refractivity contribution < 1.29 is 17.9 Å². The fourth-order valence-corrected chi connectivity index (χ4v) is 5.21. The first-order valence-corrected chi connectivity index (χ1v) is 13.0. The maximum absolute atomic E-state index is 13.3. The Morgan fingerprint density at radius 3 is 2.72 bits per heavy atom. The van der Waals surface area contributed by atoms with Crippen molar-refractivity contribution in [3.63, 3.8) is 0 Å². The third-order valence-electron chi connectivity index (χ3n) is 5.66. The fourth-order valence-electron chi connectivity index (χ4n) is 3.75.